The largest absolute Gasteiger partial charge is 0.369 e. The van der Waals surface area contributed by atoms with Gasteiger partial charge in [-0.2, -0.15) is 0 Å². The van der Waals surface area contributed by atoms with Crippen molar-refractivity contribution < 1.29 is 13.7 Å². The topological polar surface area (TPSA) is 46.6 Å². The van der Waals surface area contributed by atoms with Crippen LogP contribution in [0, 0.1) is 0 Å². The maximum absolute atomic E-state index is 12.6. The number of halogens is 1. The van der Waals surface area contributed by atoms with Gasteiger partial charge >= 0.3 is 0 Å². The number of morpholine rings is 1. The van der Waals surface area contributed by atoms with Crippen LogP contribution < -0.4 is 0 Å². The summed E-state index contributed by atoms with van der Waals surface area (Å²) in [4.78, 5) is 14.3. The van der Waals surface area contributed by atoms with Crippen molar-refractivity contribution in [3.63, 3.8) is 0 Å². The average Bonchev–Trinajstić information content (AvgIpc) is 2.56. The smallest absolute Gasteiger partial charge is 0.249 e. The molecule has 0 N–H and O–H groups in total. The lowest BCUT2D eigenvalue weighted by atomic mass is 10.0. The molecule has 1 saturated heterocycles. The van der Waals surface area contributed by atoms with Crippen molar-refractivity contribution >= 4 is 28.3 Å². The third kappa shape index (κ3) is 4.80. The summed E-state index contributed by atoms with van der Waals surface area (Å²) >= 11 is 5.97. The highest BCUT2D eigenvalue weighted by molar-refractivity contribution is 7.86. The molecule has 1 aliphatic rings. The van der Waals surface area contributed by atoms with Gasteiger partial charge in [-0.25, -0.2) is 0 Å². The SMILES string of the molecule is CCCC(CN1C(=O)COCC1c1ccc(Cl)cc1)S(=O)C(C)C. The van der Waals surface area contributed by atoms with Gasteiger partial charge in [-0.1, -0.05) is 50.9 Å². The van der Waals surface area contributed by atoms with E-state index in [2.05, 4.69) is 6.92 Å². The first-order valence-electron chi connectivity index (χ1n) is 8.46. The first-order valence-corrected chi connectivity index (χ1v) is 10.1. The minimum atomic E-state index is -0.957. The van der Waals surface area contributed by atoms with Crippen molar-refractivity contribution in [1.82, 2.24) is 4.90 Å². The lowest BCUT2D eigenvalue weighted by molar-refractivity contribution is -0.148. The Bertz CT molecular complexity index is 576. The van der Waals surface area contributed by atoms with Gasteiger partial charge < -0.3 is 9.64 Å². The Labute approximate surface area is 152 Å². The van der Waals surface area contributed by atoms with Crippen molar-refractivity contribution in [3.8, 4) is 0 Å². The zero-order chi connectivity index (χ0) is 17.7. The molecule has 1 aromatic rings. The molecular weight excluding hydrogens is 346 g/mol. The van der Waals surface area contributed by atoms with E-state index in [0.29, 0.717) is 18.2 Å². The van der Waals surface area contributed by atoms with Crippen LogP contribution in [0.25, 0.3) is 0 Å². The number of hydrogen-bond acceptors (Lipinski definition) is 3. The van der Waals surface area contributed by atoms with Crippen LogP contribution in [-0.4, -0.2) is 45.3 Å². The number of nitrogens with zero attached hydrogens (tertiary/aromatic N) is 1. The normalized spacial score (nSPS) is 21.1. The van der Waals surface area contributed by atoms with Crippen LogP contribution in [-0.2, 0) is 20.3 Å². The number of benzene rings is 1. The fraction of sp³-hybridized carbons (Fsp3) is 0.611. The van der Waals surface area contributed by atoms with Crippen molar-refractivity contribution in [2.24, 2.45) is 0 Å². The zero-order valence-electron chi connectivity index (χ0n) is 14.5. The Balaban J connectivity index is 2.22. The van der Waals surface area contributed by atoms with Crippen LogP contribution in [0.3, 0.4) is 0 Å². The van der Waals surface area contributed by atoms with Gasteiger partial charge in [0.05, 0.1) is 17.9 Å². The van der Waals surface area contributed by atoms with E-state index >= 15 is 0 Å². The molecule has 0 saturated carbocycles. The molecule has 0 spiro atoms. The van der Waals surface area contributed by atoms with Gasteiger partial charge in [0, 0.05) is 27.6 Å². The fourth-order valence-electron chi connectivity index (χ4n) is 3.00. The lowest BCUT2D eigenvalue weighted by Gasteiger charge is -2.38. The van der Waals surface area contributed by atoms with Gasteiger partial charge in [-0.15, -0.1) is 0 Å². The molecule has 1 heterocycles. The van der Waals surface area contributed by atoms with Crippen LogP contribution in [0.15, 0.2) is 24.3 Å². The van der Waals surface area contributed by atoms with E-state index in [0.717, 1.165) is 18.4 Å². The molecule has 24 heavy (non-hydrogen) atoms. The molecule has 0 bridgehead atoms. The monoisotopic (exact) mass is 371 g/mol. The molecule has 1 aromatic carbocycles. The number of rotatable bonds is 7. The minimum Gasteiger partial charge on any atom is -0.369 e. The van der Waals surface area contributed by atoms with E-state index in [1.807, 2.05) is 43.0 Å². The average molecular weight is 372 g/mol. The van der Waals surface area contributed by atoms with E-state index in [1.165, 1.54) is 0 Å². The molecule has 2 rings (SSSR count). The van der Waals surface area contributed by atoms with Gasteiger partial charge in [-0.3, -0.25) is 9.00 Å². The Morgan fingerprint density at radius 1 is 1.33 bits per heavy atom. The van der Waals surface area contributed by atoms with Crippen molar-refractivity contribution in [3.05, 3.63) is 34.9 Å². The molecule has 6 heteroatoms. The second-order valence-electron chi connectivity index (χ2n) is 6.42. The van der Waals surface area contributed by atoms with Crippen LogP contribution in [0.4, 0.5) is 0 Å². The summed E-state index contributed by atoms with van der Waals surface area (Å²) in [5, 5.41) is 0.747. The lowest BCUT2D eigenvalue weighted by Crippen LogP contribution is -2.48. The molecular formula is C18H26ClNO3S. The number of hydrogen-bond donors (Lipinski definition) is 0. The van der Waals surface area contributed by atoms with Gasteiger partial charge in [0.25, 0.3) is 0 Å². The second-order valence-corrected chi connectivity index (χ2v) is 9.12. The van der Waals surface area contributed by atoms with E-state index in [-0.39, 0.29) is 29.1 Å². The van der Waals surface area contributed by atoms with Crippen LogP contribution in [0.1, 0.15) is 45.2 Å². The number of ether oxygens (including phenoxy) is 1. The minimum absolute atomic E-state index is 0.00755. The van der Waals surface area contributed by atoms with Gasteiger partial charge in [0.15, 0.2) is 0 Å². The Morgan fingerprint density at radius 3 is 2.58 bits per heavy atom. The molecule has 3 unspecified atom stereocenters. The summed E-state index contributed by atoms with van der Waals surface area (Å²) in [6.07, 6.45) is 1.80. The van der Waals surface area contributed by atoms with E-state index in [4.69, 9.17) is 16.3 Å². The van der Waals surface area contributed by atoms with Crippen molar-refractivity contribution in [2.75, 3.05) is 19.8 Å². The van der Waals surface area contributed by atoms with E-state index in [9.17, 15) is 9.00 Å². The quantitative estimate of drug-likeness (QED) is 0.736. The molecule has 134 valence electrons. The van der Waals surface area contributed by atoms with E-state index < -0.39 is 10.8 Å². The summed E-state index contributed by atoms with van der Waals surface area (Å²) < 4.78 is 18.1. The van der Waals surface area contributed by atoms with Crippen LogP contribution >= 0.6 is 11.6 Å². The third-order valence-electron chi connectivity index (χ3n) is 4.26. The van der Waals surface area contributed by atoms with Crippen molar-refractivity contribution in [1.29, 1.82) is 0 Å². The first kappa shape index (κ1) is 19.4. The van der Waals surface area contributed by atoms with Crippen molar-refractivity contribution in [2.45, 2.75) is 50.2 Å². The third-order valence-corrected chi connectivity index (χ3v) is 6.48. The van der Waals surface area contributed by atoms with Gasteiger partial charge in [-0.05, 0) is 24.1 Å². The molecule has 1 aliphatic heterocycles. The summed E-state index contributed by atoms with van der Waals surface area (Å²) in [7, 11) is -0.957. The molecule has 0 radical (unpaired) electrons. The maximum Gasteiger partial charge on any atom is 0.249 e. The molecule has 1 amide bonds. The molecule has 4 nitrogen and oxygen atoms in total. The Hall–Kier alpha value is -0.910. The summed E-state index contributed by atoms with van der Waals surface area (Å²) in [5.74, 6) is -0.0388. The first-order chi connectivity index (χ1) is 11.4. The van der Waals surface area contributed by atoms with Crippen LogP contribution in [0.5, 0.6) is 0 Å². The molecule has 0 aromatic heterocycles. The van der Waals surface area contributed by atoms with Gasteiger partial charge in [0.2, 0.25) is 5.91 Å². The van der Waals surface area contributed by atoms with Crippen LogP contribution in [0.2, 0.25) is 5.02 Å². The summed E-state index contributed by atoms with van der Waals surface area (Å²) in [6, 6.07) is 7.35. The Kier molecular flexibility index (Phi) is 7.26. The second kappa shape index (κ2) is 8.97. The molecule has 3 atom stereocenters. The fourth-order valence-corrected chi connectivity index (χ4v) is 4.67. The summed E-state index contributed by atoms with van der Waals surface area (Å²) in [5.41, 5.74) is 0.998. The van der Waals surface area contributed by atoms with E-state index in [1.54, 1.807) is 0 Å². The predicted molar refractivity (Wildman–Crippen MR) is 98.7 cm³/mol. The number of amides is 1. The summed E-state index contributed by atoms with van der Waals surface area (Å²) in [6.45, 7) is 7.08. The standard InChI is InChI=1S/C18H26ClNO3S/c1-4-5-16(24(22)13(2)3)10-20-17(11-23-12-18(20)21)14-6-8-15(19)9-7-14/h6-9,13,16-17H,4-5,10-12H2,1-3H3. The highest BCUT2D eigenvalue weighted by Crippen LogP contribution is 2.27. The predicted octanol–water partition coefficient (Wildman–Crippen LogP) is 3.57. The zero-order valence-corrected chi connectivity index (χ0v) is 16.1. The highest BCUT2D eigenvalue weighted by Gasteiger charge is 2.33. The Morgan fingerprint density at radius 2 is 2.00 bits per heavy atom. The highest BCUT2D eigenvalue weighted by atomic mass is 35.5. The number of carbonyl (C=O) groups is 1. The number of carbonyl (C=O) groups excluding carboxylic acids is 1. The maximum atomic E-state index is 12.6. The molecule has 1 fully saturated rings. The molecule has 0 aliphatic carbocycles. The van der Waals surface area contributed by atoms with Gasteiger partial charge in [0.1, 0.15) is 6.61 Å².